The average Bonchev–Trinajstić information content (AvgIpc) is 3.00. The van der Waals surface area contributed by atoms with Gasteiger partial charge in [-0.15, -0.1) is 0 Å². The van der Waals surface area contributed by atoms with E-state index in [4.69, 9.17) is 14.2 Å². The van der Waals surface area contributed by atoms with E-state index < -0.39 is 35.8 Å². The summed E-state index contributed by atoms with van der Waals surface area (Å²) in [5.74, 6) is 2.20. The van der Waals surface area contributed by atoms with Gasteiger partial charge in [0.1, 0.15) is 11.8 Å². The lowest BCUT2D eigenvalue weighted by Gasteiger charge is -2.38. The number of ether oxygens (including phenoxy) is 3. The molecule has 2 aliphatic carbocycles. The maximum Gasteiger partial charge on any atom is 0.408 e. The third-order valence-corrected chi connectivity index (χ3v) is 10.2. The molecule has 1 aromatic carbocycles. The molecule has 9 nitrogen and oxygen atoms in total. The van der Waals surface area contributed by atoms with Gasteiger partial charge in [0.25, 0.3) is 0 Å². The molecule has 4 N–H and O–H groups in total. The van der Waals surface area contributed by atoms with Crippen LogP contribution in [0.4, 0.5) is 4.79 Å². The monoisotopic (exact) mass is 674 g/mol. The largest absolute Gasteiger partial charge is 0.444 e. The molecule has 2 saturated carbocycles. The summed E-state index contributed by atoms with van der Waals surface area (Å²) in [5, 5.41) is 26.9. The molecular weight excluding hydrogens is 608 g/mol. The summed E-state index contributed by atoms with van der Waals surface area (Å²) in [7, 11) is 0. The molecule has 0 heterocycles. The van der Waals surface area contributed by atoms with Crippen molar-refractivity contribution in [3.8, 4) is 0 Å². The fourth-order valence-corrected chi connectivity index (χ4v) is 7.42. The Morgan fingerprint density at radius 3 is 2.12 bits per heavy atom. The van der Waals surface area contributed by atoms with E-state index in [1.165, 1.54) is 44.9 Å². The number of rotatable bonds is 17. The number of nitrogens with one attached hydrogen (secondary N) is 2. The highest BCUT2D eigenvalue weighted by Gasteiger charge is 2.35. The van der Waals surface area contributed by atoms with Crippen LogP contribution < -0.4 is 10.6 Å². The highest BCUT2D eigenvalue weighted by atomic mass is 16.6. The number of aliphatic hydroxyl groups is 2. The van der Waals surface area contributed by atoms with Crippen LogP contribution in [0.2, 0.25) is 0 Å². The Morgan fingerprint density at radius 2 is 1.48 bits per heavy atom. The first-order chi connectivity index (χ1) is 22.7. The second-order valence-corrected chi connectivity index (χ2v) is 16.0. The number of Topliss-reactive ketones (excluding diaryl/α,β-unsaturated/α-hetero) is 1. The van der Waals surface area contributed by atoms with Crippen LogP contribution in [-0.2, 0) is 25.6 Å². The van der Waals surface area contributed by atoms with E-state index in [1.54, 1.807) is 41.5 Å². The normalized spacial score (nSPS) is 22.5. The number of alkyl carbamates (subject to hydrolysis) is 1. The van der Waals surface area contributed by atoms with Gasteiger partial charge >= 0.3 is 6.09 Å². The first-order valence-corrected chi connectivity index (χ1v) is 18.6. The number of ketones is 1. The highest BCUT2D eigenvalue weighted by molar-refractivity contribution is 5.84. The Kier molecular flexibility index (Phi) is 16.8. The van der Waals surface area contributed by atoms with Gasteiger partial charge in [-0.1, -0.05) is 94.5 Å². The van der Waals surface area contributed by atoms with Crippen LogP contribution in [0.1, 0.15) is 131 Å². The number of hydrogen-bond donors (Lipinski definition) is 4. The quantitative estimate of drug-likeness (QED) is 0.127. The maximum absolute atomic E-state index is 13.8. The van der Waals surface area contributed by atoms with Gasteiger partial charge in [0.2, 0.25) is 0 Å². The summed E-state index contributed by atoms with van der Waals surface area (Å²) in [5.41, 5.74) is -0.783. The van der Waals surface area contributed by atoms with Crippen LogP contribution in [-0.4, -0.2) is 65.0 Å². The molecule has 2 aliphatic rings. The Hall–Kier alpha value is -2.04. The zero-order chi connectivity index (χ0) is 35.2. The number of carbonyl (C=O) groups is 2. The van der Waals surface area contributed by atoms with Gasteiger partial charge in [-0.25, -0.2) is 4.79 Å². The summed E-state index contributed by atoms with van der Waals surface area (Å²) in [4.78, 5) is 26.3. The Balaban J connectivity index is 1.62. The minimum atomic E-state index is -1.22. The van der Waals surface area contributed by atoms with Crippen molar-refractivity contribution in [2.45, 2.75) is 161 Å². The molecule has 0 aromatic heterocycles. The number of benzene rings is 1. The standard InChI is InChI=1S/C39H66N2O7/c1-28(42)47-26-33(31-18-11-8-12-19-31)32-20-14-13-15-29(21-23-32)22-24-35(43)34(27-46-25-30-16-9-7-10-17-30)40-36(44)39(5,6)41-37(45)48-38(2,3)4/h7,9-10,16-17,28-29,31-34,36,40,42,44H,8,11-15,18-27H2,1-6H3,(H,41,45). The molecule has 0 spiro atoms. The van der Waals surface area contributed by atoms with Crippen molar-refractivity contribution in [2.75, 3.05) is 13.2 Å². The molecule has 6 atom stereocenters. The van der Waals surface area contributed by atoms with E-state index in [9.17, 15) is 19.8 Å². The molecule has 274 valence electrons. The van der Waals surface area contributed by atoms with Crippen LogP contribution in [0.3, 0.4) is 0 Å². The third kappa shape index (κ3) is 14.8. The fourth-order valence-electron chi connectivity index (χ4n) is 7.42. The van der Waals surface area contributed by atoms with E-state index in [-0.39, 0.29) is 12.4 Å². The summed E-state index contributed by atoms with van der Waals surface area (Å²) in [6, 6.07) is 9.06. The van der Waals surface area contributed by atoms with Gasteiger partial charge < -0.3 is 29.7 Å². The second kappa shape index (κ2) is 20.0. The van der Waals surface area contributed by atoms with E-state index in [1.807, 2.05) is 30.3 Å². The molecule has 0 radical (unpaired) electrons. The molecule has 48 heavy (non-hydrogen) atoms. The first kappa shape index (κ1) is 40.4. The van der Waals surface area contributed by atoms with E-state index >= 15 is 0 Å². The first-order valence-electron chi connectivity index (χ1n) is 18.6. The third-order valence-electron chi connectivity index (χ3n) is 10.2. The highest BCUT2D eigenvalue weighted by Crippen LogP contribution is 2.40. The summed E-state index contributed by atoms with van der Waals surface area (Å²) in [6.07, 6.45) is 11.9. The van der Waals surface area contributed by atoms with Crippen molar-refractivity contribution in [3.63, 3.8) is 0 Å². The topological polar surface area (TPSA) is 126 Å². The van der Waals surface area contributed by atoms with Gasteiger partial charge in [-0.05, 0) is 83.6 Å². The van der Waals surface area contributed by atoms with Crippen molar-refractivity contribution < 1.29 is 34.0 Å². The van der Waals surface area contributed by atoms with Gasteiger partial charge in [-0.3, -0.25) is 10.1 Å². The zero-order valence-corrected chi connectivity index (χ0v) is 30.7. The van der Waals surface area contributed by atoms with Gasteiger partial charge in [0, 0.05) is 6.42 Å². The number of hydrogen-bond acceptors (Lipinski definition) is 8. The van der Waals surface area contributed by atoms with Gasteiger partial charge in [-0.2, -0.15) is 0 Å². The molecule has 0 aliphatic heterocycles. The molecule has 1 aromatic rings. The molecule has 3 rings (SSSR count). The molecule has 2 fully saturated rings. The smallest absolute Gasteiger partial charge is 0.408 e. The summed E-state index contributed by atoms with van der Waals surface area (Å²) >= 11 is 0. The lowest BCUT2D eigenvalue weighted by molar-refractivity contribution is -0.124. The fraction of sp³-hybridized carbons (Fsp3) is 0.795. The van der Waals surface area contributed by atoms with Crippen LogP contribution >= 0.6 is 0 Å². The van der Waals surface area contributed by atoms with Gasteiger partial charge in [0.15, 0.2) is 12.1 Å². The minimum absolute atomic E-state index is 0.000736. The summed E-state index contributed by atoms with van der Waals surface area (Å²) < 4.78 is 17.2. The Labute approximate surface area is 290 Å². The maximum atomic E-state index is 13.8. The zero-order valence-electron chi connectivity index (χ0n) is 30.7. The second-order valence-electron chi connectivity index (χ2n) is 16.0. The predicted molar refractivity (Wildman–Crippen MR) is 189 cm³/mol. The van der Waals surface area contributed by atoms with Crippen LogP contribution in [0.25, 0.3) is 0 Å². The van der Waals surface area contributed by atoms with Crippen molar-refractivity contribution >= 4 is 11.9 Å². The molecule has 0 saturated heterocycles. The predicted octanol–water partition coefficient (Wildman–Crippen LogP) is 7.27. The molecule has 1 amide bonds. The molecular formula is C39H66N2O7. The number of aliphatic hydroxyl groups excluding tert-OH is 2. The van der Waals surface area contributed by atoms with E-state index in [0.717, 1.165) is 37.7 Å². The van der Waals surface area contributed by atoms with Crippen LogP contribution in [0.5, 0.6) is 0 Å². The average molecular weight is 675 g/mol. The van der Waals surface area contributed by atoms with Crippen molar-refractivity contribution in [1.82, 2.24) is 10.6 Å². The molecule has 0 bridgehead atoms. The van der Waals surface area contributed by atoms with E-state index in [2.05, 4.69) is 10.6 Å². The lowest BCUT2D eigenvalue weighted by Crippen LogP contribution is -2.61. The van der Waals surface area contributed by atoms with Crippen LogP contribution in [0.15, 0.2) is 30.3 Å². The Morgan fingerprint density at radius 1 is 0.854 bits per heavy atom. The minimum Gasteiger partial charge on any atom is -0.444 e. The molecule has 6 unspecified atom stereocenters. The van der Waals surface area contributed by atoms with Gasteiger partial charge in [0.05, 0.1) is 31.4 Å². The van der Waals surface area contributed by atoms with E-state index in [0.29, 0.717) is 43.3 Å². The Bertz CT molecular complexity index is 1070. The lowest BCUT2D eigenvalue weighted by atomic mass is 9.70. The van der Waals surface area contributed by atoms with Crippen molar-refractivity contribution in [1.29, 1.82) is 0 Å². The molecule has 9 heteroatoms. The SMILES string of the molecule is CC(O)OCC(C1CCCCC1)C1CCCCC(CCC(=O)C(COCc2ccccc2)NC(O)C(C)(C)NC(=O)OC(C)(C)C)CC1. The van der Waals surface area contributed by atoms with Crippen molar-refractivity contribution in [3.05, 3.63) is 35.9 Å². The summed E-state index contributed by atoms with van der Waals surface area (Å²) in [6.45, 7) is 11.5. The van der Waals surface area contributed by atoms with Crippen LogP contribution in [0, 0.1) is 23.7 Å². The number of amides is 1. The van der Waals surface area contributed by atoms with Crippen molar-refractivity contribution in [2.24, 2.45) is 23.7 Å². The number of carbonyl (C=O) groups excluding carboxylic acids is 2.